The Morgan fingerprint density at radius 3 is 2.82 bits per heavy atom. The second-order valence-corrected chi connectivity index (χ2v) is 6.52. The Bertz CT molecular complexity index is 728. The number of carbonyl (C=O) groups excluding carboxylic acids is 1. The Hall–Kier alpha value is -2.14. The minimum absolute atomic E-state index is 0.0255. The summed E-state index contributed by atoms with van der Waals surface area (Å²) in [5.74, 6) is 1.10. The van der Waals surface area contributed by atoms with Crippen molar-refractivity contribution in [3.63, 3.8) is 0 Å². The second kappa shape index (κ2) is 6.32. The lowest BCUT2D eigenvalue weighted by Crippen LogP contribution is -2.33. The van der Waals surface area contributed by atoms with Gasteiger partial charge in [0.15, 0.2) is 0 Å². The topological polar surface area (TPSA) is 57.8 Å². The molecule has 0 aliphatic rings. The van der Waals surface area contributed by atoms with Crippen LogP contribution in [0.5, 0.6) is 0 Å². The van der Waals surface area contributed by atoms with Crippen LogP contribution in [0.15, 0.2) is 41.1 Å². The first kappa shape index (κ1) is 14.8. The lowest BCUT2D eigenvalue weighted by Gasteiger charge is -2.20. The van der Waals surface area contributed by atoms with Gasteiger partial charge in [0.2, 0.25) is 5.91 Å². The summed E-state index contributed by atoms with van der Waals surface area (Å²) in [5.41, 5.74) is 2.97. The maximum Gasteiger partial charge on any atom is 0.225 e. The van der Waals surface area contributed by atoms with Gasteiger partial charge in [0.05, 0.1) is 23.5 Å². The number of amides is 1. The third-order valence-electron chi connectivity index (χ3n) is 3.63. The van der Waals surface area contributed by atoms with E-state index in [9.17, 15) is 4.79 Å². The maximum atomic E-state index is 12.3. The number of rotatable bonds is 5. The Balaban J connectivity index is 1.78. The molecule has 0 aliphatic heterocycles. The van der Waals surface area contributed by atoms with Crippen molar-refractivity contribution >= 4 is 28.3 Å². The number of aromatic amines is 1. The maximum absolute atomic E-state index is 12.3. The van der Waals surface area contributed by atoms with Crippen LogP contribution in [0.4, 0.5) is 0 Å². The van der Waals surface area contributed by atoms with Gasteiger partial charge in [-0.2, -0.15) is 11.3 Å². The first-order valence-corrected chi connectivity index (χ1v) is 8.33. The highest BCUT2D eigenvalue weighted by molar-refractivity contribution is 7.07. The van der Waals surface area contributed by atoms with Crippen LogP contribution in [0, 0.1) is 5.92 Å². The van der Waals surface area contributed by atoms with E-state index in [-0.39, 0.29) is 17.9 Å². The Kier molecular flexibility index (Phi) is 4.24. The number of carbonyl (C=O) groups is 1. The number of hydrogen-bond donors (Lipinski definition) is 2. The predicted octanol–water partition coefficient (Wildman–Crippen LogP) is 3.68. The molecule has 0 bridgehead atoms. The molecule has 22 heavy (non-hydrogen) atoms. The summed E-state index contributed by atoms with van der Waals surface area (Å²) in [6.45, 7) is 4.17. The summed E-state index contributed by atoms with van der Waals surface area (Å²) < 4.78 is 0. The second-order valence-electron chi connectivity index (χ2n) is 5.74. The van der Waals surface area contributed by atoms with Crippen LogP contribution in [-0.2, 0) is 11.2 Å². The molecule has 2 aromatic heterocycles. The smallest absolute Gasteiger partial charge is 0.225 e. The Labute approximate surface area is 133 Å². The molecule has 5 heteroatoms. The molecule has 0 saturated heterocycles. The van der Waals surface area contributed by atoms with Crippen LogP contribution in [0.3, 0.4) is 0 Å². The van der Waals surface area contributed by atoms with E-state index in [2.05, 4.69) is 29.1 Å². The van der Waals surface area contributed by atoms with Gasteiger partial charge in [-0.15, -0.1) is 0 Å². The zero-order valence-corrected chi connectivity index (χ0v) is 13.5. The van der Waals surface area contributed by atoms with E-state index in [1.54, 1.807) is 11.3 Å². The van der Waals surface area contributed by atoms with Gasteiger partial charge in [0.1, 0.15) is 5.82 Å². The summed E-state index contributed by atoms with van der Waals surface area (Å²) in [5, 5.41) is 7.10. The molecule has 0 spiro atoms. The molecular formula is C17H19N3OS. The number of aromatic nitrogens is 2. The third-order valence-corrected chi connectivity index (χ3v) is 4.36. The van der Waals surface area contributed by atoms with E-state index in [0.29, 0.717) is 6.42 Å². The normalized spacial score (nSPS) is 12.7. The van der Waals surface area contributed by atoms with Gasteiger partial charge in [0.25, 0.3) is 0 Å². The predicted molar refractivity (Wildman–Crippen MR) is 89.8 cm³/mol. The van der Waals surface area contributed by atoms with Gasteiger partial charge >= 0.3 is 0 Å². The fraction of sp³-hybridized carbons (Fsp3) is 0.294. The van der Waals surface area contributed by atoms with E-state index in [1.165, 1.54) is 0 Å². The molecule has 0 saturated carbocycles. The number of fused-ring (bicyclic) bond motifs is 1. The van der Waals surface area contributed by atoms with Gasteiger partial charge in [-0.05, 0) is 40.4 Å². The monoisotopic (exact) mass is 313 g/mol. The Morgan fingerprint density at radius 2 is 2.14 bits per heavy atom. The molecule has 2 heterocycles. The van der Waals surface area contributed by atoms with Crippen LogP contribution in [0.25, 0.3) is 11.0 Å². The number of benzene rings is 1. The highest BCUT2D eigenvalue weighted by Crippen LogP contribution is 2.22. The van der Waals surface area contributed by atoms with Crippen molar-refractivity contribution in [3.05, 3.63) is 52.5 Å². The SMILES string of the molecule is CC(C)[C@H](NC(=O)Cc1ccsc1)c1nc2ccccc2[nH]1. The standard InChI is InChI=1S/C17H19N3OS/c1-11(2)16(20-15(21)9-12-7-8-22-10-12)17-18-13-5-3-4-6-14(13)19-17/h3-8,10-11,16H,9H2,1-2H3,(H,18,19)(H,20,21)/t16-/m0/s1. The summed E-state index contributed by atoms with van der Waals surface area (Å²) in [6, 6.07) is 9.78. The average molecular weight is 313 g/mol. The van der Waals surface area contributed by atoms with Crippen molar-refractivity contribution in [1.29, 1.82) is 0 Å². The van der Waals surface area contributed by atoms with Gasteiger partial charge in [-0.1, -0.05) is 26.0 Å². The minimum atomic E-state index is -0.112. The molecule has 114 valence electrons. The molecule has 0 aliphatic carbocycles. The van der Waals surface area contributed by atoms with E-state index in [4.69, 9.17) is 0 Å². The van der Waals surface area contributed by atoms with Crippen LogP contribution in [0.1, 0.15) is 31.3 Å². The highest BCUT2D eigenvalue weighted by Gasteiger charge is 2.21. The summed E-state index contributed by atoms with van der Waals surface area (Å²) in [7, 11) is 0. The van der Waals surface area contributed by atoms with Crippen molar-refractivity contribution in [2.75, 3.05) is 0 Å². The zero-order valence-electron chi connectivity index (χ0n) is 12.7. The highest BCUT2D eigenvalue weighted by atomic mass is 32.1. The summed E-state index contributed by atoms with van der Waals surface area (Å²) in [6.07, 6.45) is 0.410. The van der Waals surface area contributed by atoms with E-state index in [0.717, 1.165) is 22.4 Å². The number of nitrogens with one attached hydrogen (secondary N) is 2. The third kappa shape index (κ3) is 3.20. The van der Waals surface area contributed by atoms with Gasteiger partial charge < -0.3 is 10.3 Å². The first-order chi connectivity index (χ1) is 10.6. The molecule has 3 rings (SSSR count). The van der Waals surface area contributed by atoms with Gasteiger partial charge in [0, 0.05) is 0 Å². The molecule has 0 radical (unpaired) electrons. The van der Waals surface area contributed by atoms with Crippen molar-refractivity contribution in [2.24, 2.45) is 5.92 Å². The molecule has 0 unspecified atom stereocenters. The first-order valence-electron chi connectivity index (χ1n) is 7.38. The van der Waals surface area contributed by atoms with Crippen LogP contribution >= 0.6 is 11.3 Å². The van der Waals surface area contributed by atoms with Crippen LogP contribution in [-0.4, -0.2) is 15.9 Å². The number of para-hydroxylation sites is 2. The van der Waals surface area contributed by atoms with Crippen LogP contribution in [0.2, 0.25) is 0 Å². The van der Waals surface area contributed by atoms with Crippen molar-refractivity contribution in [1.82, 2.24) is 15.3 Å². The lowest BCUT2D eigenvalue weighted by molar-refractivity contribution is -0.121. The largest absolute Gasteiger partial charge is 0.346 e. The molecule has 4 nitrogen and oxygen atoms in total. The number of H-pyrrole nitrogens is 1. The van der Waals surface area contributed by atoms with Crippen molar-refractivity contribution < 1.29 is 4.79 Å². The molecule has 3 aromatic rings. The number of nitrogens with zero attached hydrogens (tertiary/aromatic N) is 1. The van der Waals surface area contributed by atoms with Crippen LogP contribution < -0.4 is 5.32 Å². The minimum Gasteiger partial charge on any atom is -0.346 e. The molecule has 1 aromatic carbocycles. The Morgan fingerprint density at radius 1 is 1.32 bits per heavy atom. The van der Waals surface area contributed by atoms with E-state index in [1.807, 2.05) is 41.1 Å². The number of thiophene rings is 1. The van der Waals surface area contributed by atoms with E-state index >= 15 is 0 Å². The molecule has 2 N–H and O–H groups in total. The molecule has 0 fully saturated rings. The van der Waals surface area contributed by atoms with Gasteiger partial charge in [-0.25, -0.2) is 4.98 Å². The quantitative estimate of drug-likeness (QED) is 0.755. The number of imidazole rings is 1. The summed E-state index contributed by atoms with van der Waals surface area (Å²) >= 11 is 1.61. The van der Waals surface area contributed by atoms with Crippen molar-refractivity contribution in [2.45, 2.75) is 26.3 Å². The number of hydrogen-bond acceptors (Lipinski definition) is 3. The summed E-state index contributed by atoms with van der Waals surface area (Å²) in [4.78, 5) is 20.2. The molecular weight excluding hydrogens is 294 g/mol. The molecule has 1 amide bonds. The van der Waals surface area contributed by atoms with Gasteiger partial charge in [-0.3, -0.25) is 4.79 Å². The fourth-order valence-electron chi connectivity index (χ4n) is 2.47. The lowest BCUT2D eigenvalue weighted by atomic mass is 10.0. The van der Waals surface area contributed by atoms with E-state index < -0.39 is 0 Å². The van der Waals surface area contributed by atoms with Crippen molar-refractivity contribution in [3.8, 4) is 0 Å². The average Bonchev–Trinajstić information content (AvgIpc) is 3.12. The fourth-order valence-corrected chi connectivity index (χ4v) is 3.14. The zero-order chi connectivity index (χ0) is 15.5. The molecule has 1 atom stereocenters.